The predicted octanol–water partition coefficient (Wildman–Crippen LogP) is 4.70. The summed E-state index contributed by atoms with van der Waals surface area (Å²) < 4.78 is 5.56. The maximum absolute atomic E-state index is 12.7. The molecular formula is C21H27NO2S. The zero-order valence-electron chi connectivity index (χ0n) is 15.0. The lowest BCUT2D eigenvalue weighted by Gasteiger charge is -2.17. The first-order valence-electron chi connectivity index (χ1n) is 8.79. The van der Waals surface area contributed by atoms with Crippen LogP contribution in [0.5, 0.6) is 0 Å². The van der Waals surface area contributed by atoms with E-state index in [0.717, 1.165) is 23.5 Å². The van der Waals surface area contributed by atoms with Crippen LogP contribution in [-0.4, -0.2) is 25.7 Å². The van der Waals surface area contributed by atoms with Crippen molar-refractivity contribution >= 4 is 17.7 Å². The summed E-state index contributed by atoms with van der Waals surface area (Å²) in [7, 11) is 0. The third kappa shape index (κ3) is 7.32. The first kappa shape index (κ1) is 19.5. The van der Waals surface area contributed by atoms with E-state index in [1.807, 2.05) is 60.7 Å². The van der Waals surface area contributed by atoms with Gasteiger partial charge in [0.25, 0.3) is 0 Å². The highest BCUT2D eigenvalue weighted by Crippen LogP contribution is 2.35. The highest BCUT2D eigenvalue weighted by molar-refractivity contribution is 8.00. The molecule has 0 aliphatic carbocycles. The first-order chi connectivity index (χ1) is 12.2. The number of rotatable bonds is 10. The van der Waals surface area contributed by atoms with Crippen LogP contribution in [0, 0.1) is 5.92 Å². The first-order valence-corrected chi connectivity index (χ1v) is 9.67. The largest absolute Gasteiger partial charge is 0.381 e. The monoisotopic (exact) mass is 357 g/mol. The van der Waals surface area contributed by atoms with E-state index in [4.69, 9.17) is 4.74 Å². The fourth-order valence-corrected chi connectivity index (χ4v) is 3.40. The molecule has 2 rings (SSSR count). The van der Waals surface area contributed by atoms with Gasteiger partial charge in [0.2, 0.25) is 5.91 Å². The summed E-state index contributed by atoms with van der Waals surface area (Å²) in [5.74, 6) is 0.586. The molecule has 0 heterocycles. The fourth-order valence-electron chi connectivity index (χ4n) is 2.33. The van der Waals surface area contributed by atoms with Crippen LogP contribution >= 0.6 is 11.8 Å². The summed E-state index contributed by atoms with van der Waals surface area (Å²) >= 11 is 1.58. The van der Waals surface area contributed by atoms with Gasteiger partial charge in [-0.15, -0.1) is 11.8 Å². The van der Waals surface area contributed by atoms with Gasteiger partial charge in [0, 0.05) is 24.7 Å². The van der Waals surface area contributed by atoms with Crippen LogP contribution in [0.2, 0.25) is 0 Å². The van der Waals surface area contributed by atoms with E-state index in [1.54, 1.807) is 11.8 Å². The molecule has 3 nitrogen and oxygen atoms in total. The van der Waals surface area contributed by atoms with Gasteiger partial charge in [0.15, 0.2) is 0 Å². The lowest BCUT2D eigenvalue weighted by molar-refractivity contribution is -0.120. The Morgan fingerprint density at radius 3 is 2.32 bits per heavy atom. The molecule has 1 amide bonds. The summed E-state index contributed by atoms with van der Waals surface area (Å²) in [5, 5.41) is 2.80. The summed E-state index contributed by atoms with van der Waals surface area (Å²) in [4.78, 5) is 13.8. The van der Waals surface area contributed by atoms with Gasteiger partial charge in [-0.2, -0.15) is 0 Å². The highest BCUT2D eigenvalue weighted by Gasteiger charge is 2.21. The summed E-state index contributed by atoms with van der Waals surface area (Å²) in [6.45, 7) is 6.35. The second-order valence-corrected chi connectivity index (χ2v) is 7.51. The molecule has 0 bridgehead atoms. The van der Waals surface area contributed by atoms with E-state index < -0.39 is 0 Å². The quantitative estimate of drug-likeness (QED) is 0.495. The Morgan fingerprint density at radius 2 is 1.68 bits per heavy atom. The minimum absolute atomic E-state index is 0.0453. The number of nitrogens with one attached hydrogen (secondary N) is 1. The average molecular weight is 358 g/mol. The Hall–Kier alpha value is -1.78. The molecule has 2 aromatic rings. The minimum atomic E-state index is -0.250. The molecule has 1 unspecified atom stereocenters. The Balaban J connectivity index is 1.90. The van der Waals surface area contributed by atoms with Crippen molar-refractivity contribution in [1.29, 1.82) is 0 Å². The molecule has 1 atom stereocenters. The van der Waals surface area contributed by atoms with Gasteiger partial charge in [0.1, 0.15) is 5.25 Å². The van der Waals surface area contributed by atoms with Crippen molar-refractivity contribution in [2.45, 2.75) is 30.4 Å². The number of carbonyl (C=O) groups is 1. The lowest BCUT2D eigenvalue weighted by atomic mass is 10.1. The number of hydrogen-bond donors (Lipinski definition) is 1. The van der Waals surface area contributed by atoms with Gasteiger partial charge in [-0.1, -0.05) is 62.4 Å². The molecule has 2 aromatic carbocycles. The molecule has 0 radical (unpaired) electrons. The maximum atomic E-state index is 12.7. The fraction of sp³-hybridized carbons (Fsp3) is 0.381. The third-order valence-electron chi connectivity index (χ3n) is 3.55. The molecule has 0 spiro atoms. The second kappa shape index (κ2) is 11.0. The van der Waals surface area contributed by atoms with E-state index in [9.17, 15) is 4.79 Å². The molecular weight excluding hydrogens is 330 g/mol. The molecule has 134 valence electrons. The molecule has 0 aliphatic heterocycles. The predicted molar refractivity (Wildman–Crippen MR) is 105 cm³/mol. The van der Waals surface area contributed by atoms with Gasteiger partial charge < -0.3 is 10.1 Å². The van der Waals surface area contributed by atoms with Crippen LogP contribution in [0.1, 0.15) is 31.1 Å². The zero-order chi connectivity index (χ0) is 17.9. The van der Waals surface area contributed by atoms with Crippen molar-refractivity contribution in [3.63, 3.8) is 0 Å². The summed E-state index contributed by atoms with van der Waals surface area (Å²) in [6, 6.07) is 20.0. The van der Waals surface area contributed by atoms with Crippen molar-refractivity contribution in [2.24, 2.45) is 5.92 Å². The van der Waals surface area contributed by atoms with Gasteiger partial charge in [-0.3, -0.25) is 4.79 Å². The topological polar surface area (TPSA) is 38.3 Å². The molecule has 4 heteroatoms. The molecule has 0 aromatic heterocycles. The number of hydrogen-bond acceptors (Lipinski definition) is 3. The highest BCUT2D eigenvalue weighted by atomic mass is 32.2. The van der Waals surface area contributed by atoms with Crippen LogP contribution < -0.4 is 5.32 Å². The van der Waals surface area contributed by atoms with E-state index >= 15 is 0 Å². The van der Waals surface area contributed by atoms with Crippen LogP contribution in [0.3, 0.4) is 0 Å². The summed E-state index contributed by atoms with van der Waals surface area (Å²) in [5.41, 5.74) is 1.02. The molecule has 25 heavy (non-hydrogen) atoms. The van der Waals surface area contributed by atoms with Crippen molar-refractivity contribution in [1.82, 2.24) is 5.32 Å². The molecule has 0 fully saturated rings. The Bertz CT molecular complexity index is 616. The van der Waals surface area contributed by atoms with E-state index in [0.29, 0.717) is 19.1 Å². The number of benzene rings is 2. The van der Waals surface area contributed by atoms with Crippen molar-refractivity contribution in [3.8, 4) is 0 Å². The van der Waals surface area contributed by atoms with Crippen molar-refractivity contribution in [3.05, 3.63) is 66.2 Å². The maximum Gasteiger partial charge on any atom is 0.237 e. The van der Waals surface area contributed by atoms with Crippen molar-refractivity contribution in [2.75, 3.05) is 19.8 Å². The second-order valence-electron chi connectivity index (χ2n) is 6.33. The molecule has 0 saturated heterocycles. The van der Waals surface area contributed by atoms with Crippen LogP contribution in [-0.2, 0) is 9.53 Å². The third-order valence-corrected chi connectivity index (χ3v) is 4.82. The molecule has 1 N–H and O–H groups in total. The van der Waals surface area contributed by atoms with Gasteiger partial charge in [0.05, 0.1) is 0 Å². The Kier molecular flexibility index (Phi) is 8.56. The molecule has 0 saturated carbocycles. The van der Waals surface area contributed by atoms with Crippen molar-refractivity contribution < 1.29 is 9.53 Å². The zero-order valence-corrected chi connectivity index (χ0v) is 15.8. The van der Waals surface area contributed by atoms with Gasteiger partial charge >= 0.3 is 0 Å². The smallest absolute Gasteiger partial charge is 0.237 e. The SMILES string of the molecule is CC(C)COCCCNC(=O)C(Sc1ccccc1)c1ccccc1. The van der Waals surface area contributed by atoms with E-state index in [-0.39, 0.29) is 11.2 Å². The standard InChI is InChI=1S/C21H27NO2S/c1-17(2)16-24-15-9-14-22-21(23)20(18-10-5-3-6-11-18)25-19-12-7-4-8-13-19/h3-8,10-13,17,20H,9,14-16H2,1-2H3,(H,22,23). The number of amides is 1. The van der Waals surface area contributed by atoms with Gasteiger partial charge in [-0.25, -0.2) is 0 Å². The van der Waals surface area contributed by atoms with Crippen LogP contribution in [0.15, 0.2) is 65.6 Å². The minimum Gasteiger partial charge on any atom is -0.381 e. The van der Waals surface area contributed by atoms with Crippen LogP contribution in [0.25, 0.3) is 0 Å². The van der Waals surface area contributed by atoms with Gasteiger partial charge in [-0.05, 0) is 30.0 Å². The van der Waals surface area contributed by atoms with Crippen LogP contribution in [0.4, 0.5) is 0 Å². The number of ether oxygens (including phenoxy) is 1. The lowest BCUT2D eigenvalue weighted by Crippen LogP contribution is -2.29. The van der Waals surface area contributed by atoms with E-state index in [1.165, 1.54) is 0 Å². The summed E-state index contributed by atoms with van der Waals surface area (Å²) in [6.07, 6.45) is 0.829. The molecule has 0 aliphatic rings. The number of carbonyl (C=O) groups excluding carboxylic acids is 1. The Labute approximate surface area is 155 Å². The number of thioether (sulfide) groups is 1. The average Bonchev–Trinajstić information content (AvgIpc) is 2.63. The van der Waals surface area contributed by atoms with E-state index in [2.05, 4.69) is 19.2 Å². The normalized spacial score (nSPS) is 12.1. The Morgan fingerprint density at radius 1 is 1.04 bits per heavy atom.